The Morgan fingerprint density at radius 3 is 2.75 bits per heavy atom. The van der Waals surface area contributed by atoms with Crippen LogP contribution >= 0.6 is 0 Å². The summed E-state index contributed by atoms with van der Waals surface area (Å²) in [7, 11) is 0. The first-order valence-electron chi connectivity index (χ1n) is 6.67. The molecule has 1 aromatic rings. The second kappa shape index (κ2) is 6.33. The number of nitrogens with one attached hydrogen (secondary N) is 3. The fraction of sp³-hybridized carbons (Fsp3) is 0.462. The molecule has 0 bridgehead atoms. The number of hydrazine groups is 1. The van der Waals surface area contributed by atoms with Gasteiger partial charge in [-0.15, -0.1) is 0 Å². The quantitative estimate of drug-likeness (QED) is 0.430. The van der Waals surface area contributed by atoms with Crippen LogP contribution in [-0.2, 0) is 11.2 Å². The first-order chi connectivity index (χ1) is 9.62. The lowest BCUT2D eigenvalue weighted by Gasteiger charge is -2.08. The highest BCUT2D eigenvalue weighted by Gasteiger charge is 2.23. The van der Waals surface area contributed by atoms with Crippen LogP contribution in [0.1, 0.15) is 35.8 Å². The van der Waals surface area contributed by atoms with Gasteiger partial charge in [0.1, 0.15) is 5.82 Å². The van der Waals surface area contributed by atoms with Crippen molar-refractivity contribution in [3.05, 3.63) is 23.4 Å². The van der Waals surface area contributed by atoms with Gasteiger partial charge in [-0.25, -0.2) is 10.8 Å². The number of hydrogen-bond acceptors (Lipinski definition) is 5. The van der Waals surface area contributed by atoms with E-state index >= 15 is 0 Å². The summed E-state index contributed by atoms with van der Waals surface area (Å²) in [5.41, 5.74) is 3.62. The molecule has 20 heavy (non-hydrogen) atoms. The number of rotatable bonds is 6. The number of pyridine rings is 1. The van der Waals surface area contributed by atoms with E-state index in [1.54, 1.807) is 12.1 Å². The highest BCUT2D eigenvalue weighted by Crippen LogP contribution is 2.18. The molecule has 0 radical (unpaired) electrons. The summed E-state index contributed by atoms with van der Waals surface area (Å²) in [4.78, 5) is 27.7. The van der Waals surface area contributed by atoms with Crippen molar-refractivity contribution in [3.8, 4) is 0 Å². The van der Waals surface area contributed by atoms with E-state index < -0.39 is 0 Å². The van der Waals surface area contributed by atoms with Crippen LogP contribution in [0.15, 0.2) is 12.1 Å². The highest BCUT2D eigenvalue weighted by molar-refractivity contribution is 5.97. The van der Waals surface area contributed by atoms with Crippen molar-refractivity contribution in [1.82, 2.24) is 15.6 Å². The molecule has 0 aromatic carbocycles. The van der Waals surface area contributed by atoms with Crippen LogP contribution in [0.2, 0.25) is 0 Å². The van der Waals surface area contributed by atoms with E-state index in [2.05, 4.69) is 21.0 Å². The molecule has 2 amide bonds. The number of hydrogen-bond donors (Lipinski definition) is 4. The predicted octanol–water partition coefficient (Wildman–Crippen LogP) is -0.0620. The molecule has 2 rings (SSSR count). The standard InChI is InChI=1S/C13H19N5O2/c1-2-9-5-8(6-11(16-9)18-14)13(20)15-7-12(19)17-10-3-4-10/h5-6,10H,2-4,7,14H2,1H3,(H,15,20)(H,16,18)(H,17,19). The number of carbonyl (C=O) groups excluding carboxylic acids is 2. The molecule has 0 aliphatic heterocycles. The third kappa shape index (κ3) is 3.92. The Labute approximate surface area is 117 Å². The lowest BCUT2D eigenvalue weighted by molar-refractivity contribution is -0.120. The van der Waals surface area contributed by atoms with Crippen molar-refractivity contribution in [1.29, 1.82) is 0 Å². The van der Waals surface area contributed by atoms with E-state index in [9.17, 15) is 9.59 Å². The van der Waals surface area contributed by atoms with Crippen LogP contribution in [0.5, 0.6) is 0 Å². The van der Waals surface area contributed by atoms with Crippen molar-refractivity contribution in [2.45, 2.75) is 32.2 Å². The molecule has 5 N–H and O–H groups in total. The van der Waals surface area contributed by atoms with E-state index in [4.69, 9.17) is 5.84 Å². The van der Waals surface area contributed by atoms with Crippen molar-refractivity contribution in [3.63, 3.8) is 0 Å². The Hall–Kier alpha value is -2.15. The van der Waals surface area contributed by atoms with E-state index in [-0.39, 0.29) is 18.4 Å². The molecule has 1 fully saturated rings. The Bertz CT molecular complexity index is 491. The molecular weight excluding hydrogens is 258 g/mol. The maximum absolute atomic E-state index is 12.0. The minimum atomic E-state index is -0.315. The summed E-state index contributed by atoms with van der Waals surface area (Å²) in [6.07, 6.45) is 2.74. The maximum Gasteiger partial charge on any atom is 0.251 e. The molecule has 1 saturated carbocycles. The van der Waals surface area contributed by atoms with E-state index in [1.165, 1.54) is 0 Å². The van der Waals surface area contributed by atoms with Gasteiger partial charge in [-0.1, -0.05) is 6.92 Å². The number of nitrogen functional groups attached to an aromatic ring is 1. The van der Waals surface area contributed by atoms with E-state index in [1.807, 2.05) is 6.92 Å². The second-order valence-corrected chi connectivity index (χ2v) is 4.75. The van der Waals surface area contributed by atoms with Crippen LogP contribution in [0.25, 0.3) is 0 Å². The average molecular weight is 277 g/mol. The van der Waals surface area contributed by atoms with Gasteiger partial charge in [0.15, 0.2) is 0 Å². The van der Waals surface area contributed by atoms with Crippen LogP contribution in [-0.4, -0.2) is 29.4 Å². The highest BCUT2D eigenvalue weighted by atomic mass is 16.2. The van der Waals surface area contributed by atoms with Gasteiger partial charge in [0.2, 0.25) is 5.91 Å². The van der Waals surface area contributed by atoms with E-state index in [0.717, 1.165) is 18.5 Å². The Balaban J connectivity index is 1.95. The Morgan fingerprint density at radius 1 is 1.40 bits per heavy atom. The summed E-state index contributed by atoms with van der Waals surface area (Å²) >= 11 is 0. The van der Waals surface area contributed by atoms with Gasteiger partial charge in [-0.2, -0.15) is 0 Å². The number of carbonyl (C=O) groups is 2. The lowest BCUT2D eigenvalue weighted by atomic mass is 10.2. The molecule has 1 aliphatic rings. The molecule has 1 heterocycles. The molecule has 0 unspecified atom stereocenters. The summed E-state index contributed by atoms with van der Waals surface area (Å²) in [6.45, 7) is 1.91. The van der Waals surface area contributed by atoms with Gasteiger partial charge in [0, 0.05) is 17.3 Å². The van der Waals surface area contributed by atoms with Crippen molar-refractivity contribution in [2.24, 2.45) is 5.84 Å². The third-order valence-corrected chi connectivity index (χ3v) is 3.00. The topological polar surface area (TPSA) is 109 Å². The molecule has 0 saturated heterocycles. The minimum Gasteiger partial charge on any atom is -0.352 e. The van der Waals surface area contributed by atoms with Gasteiger partial charge in [0.05, 0.1) is 6.54 Å². The van der Waals surface area contributed by atoms with E-state index in [0.29, 0.717) is 23.8 Å². The third-order valence-electron chi connectivity index (χ3n) is 3.00. The SMILES string of the molecule is CCc1cc(C(=O)NCC(=O)NC2CC2)cc(NN)n1. The van der Waals surface area contributed by atoms with Crippen LogP contribution in [0.3, 0.4) is 0 Å². The average Bonchev–Trinajstić information content (AvgIpc) is 3.27. The summed E-state index contributed by atoms with van der Waals surface area (Å²) in [5, 5.41) is 5.39. The molecule has 108 valence electrons. The Kier molecular flexibility index (Phi) is 4.52. The zero-order valence-corrected chi connectivity index (χ0v) is 11.4. The van der Waals surface area contributed by atoms with Crippen molar-refractivity contribution < 1.29 is 9.59 Å². The van der Waals surface area contributed by atoms with Gasteiger partial charge >= 0.3 is 0 Å². The number of nitrogens with two attached hydrogens (primary N) is 1. The van der Waals surface area contributed by atoms with Crippen LogP contribution in [0.4, 0.5) is 5.82 Å². The number of amides is 2. The maximum atomic E-state index is 12.0. The molecular formula is C13H19N5O2. The number of anilines is 1. The number of aryl methyl sites for hydroxylation is 1. The smallest absolute Gasteiger partial charge is 0.251 e. The van der Waals surface area contributed by atoms with Gasteiger partial charge in [-0.3, -0.25) is 9.59 Å². The van der Waals surface area contributed by atoms with Gasteiger partial charge in [-0.05, 0) is 31.4 Å². The van der Waals surface area contributed by atoms with Crippen LogP contribution < -0.4 is 21.9 Å². The van der Waals surface area contributed by atoms with Crippen molar-refractivity contribution >= 4 is 17.6 Å². The summed E-state index contributed by atoms with van der Waals surface area (Å²) < 4.78 is 0. The van der Waals surface area contributed by atoms with Gasteiger partial charge < -0.3 is 16.1 Å². The fourth-order valence-corrected chi connectivity index (χ4v) is 1.74. The number of nitrogens with zero attached hydrogens (tertiary/aromatic N) is 1. The van der Waals surface area contributed by atoms with Gasteiger partial charge in [0.25, 0.3) is 5.91 Å². The molecule has 1 aliphatic carbocycles. The second-order valence-electron chi connectivity index (χ2n) is 4.75. The van der Waals surface area contributed by atoms with Crippen LogP contribution in [0, 0.1) is 0 Å². The monoisotopic (exact) mass is 277 g/mol. The minimum absolute atomic E-state index is 0.0233. The lowest BCUT2D eigenvalue weighted by Crippen LogP contribution is -2.37. The van der Waals surface area contributed by atoms with Crippen molar-refractivity contribution in [2.75, 3.05) is 12.0 Å². The zero-order valence-electron chi connectivity index (χ0n) is 11.4. The first kappa shape index (κ1) is 14.3. The first-order valence-corrected chi connectivity index (χ1v) is 6.67. The summed E-state index contributed by atoms with van der Waals surface area (Å²) in [6, 6.07) is 3.53. The normalized spacial score (nSPS) is 13.7. The molecule has 0 spiro atoms. The zero-order chi connectivity index (χ0) is 14.5. The fourth-order valence-electron chi connectivity index (χ4n) is 1.74. The molecule has 0 atom stereocenters. The molecule has 7 heteroatoms. The number of aromatic nitrogens is 1. The summed E-state index contributed by atoms with van der Waals surface area (Å²) in [5.74, 6) is 5.27. The molecule has 7 nitrogen and oxygen atoms in total. The molecule has 1 aromatic heterocycles. The predicted molar refractivity (Wildman–Crippen MR) is 74.9 cm³/mol. The Morgan fingerprint density at radius 2 is 2.15 bits per heavy atom. The largest absolute Gasteiger partial charge is 0.352 e.